The zero-order chi connectivity index (χ0) is 12.2. The van der Waals surface area contributed by atoms with Crippen molar-refractivity contribution in [2.75, 3.05) is 20.8 Å². The molecule has 0 amide bonds. The van der Waals surface area contributed by atoms with E-state index in [1.807, 2.05) is 0 Å². The second kappa shape index (κ2) is 5.41. The van der Waals surface area contributed by atoms with E-state index in [9.17, 15) is 9.36 Å². The molecule has 0 unspecified atom stereocenters. The molecule has 0 radical (unpaired) electrons. The van der Waals surface area contributed by atoms with E-state index in [1.165, 1.54) is 20.3 Å². The SMILES string of the molecule is COP(=O)(OC)OCC(=O)c1ccc(C)o1. The first-order chi connectivity index (χ1) is 7.50. The Labute approximate surface area is 93.1 Å². The number of hydrogen-bond acceptors (Lipinski definition) is 6. The Morgan fingerprint density at radius 2 is 2.00 bits per heavy atom. The largest absolute Gasteiger partial charge is 0.474 e. The van der Waals surface area contributed by atoms with Crippen LogP contribution < -0.4 is 0 Å². The van der Waals surface area contributed by atoms with E-state index >= 15 is 0 Å². The summed E-state index contributed by atoms with van der Waals surface area (Å²) in [6.45, 7) is 1.29. The minimum Gasteiger partial charge on any atom is -0.458 e. The smallest absolute Gasteiger partial charge is 0.458 e. The fourth-order valence-corrected chi connectivity index (χ4v) is 1.61. The maximum Gasteiger partial charge on any atom is 0.474 e. The molecule has 1 rings (SSSR count). The number of hydrogen-bond donors (Lipinski definition) is 0. The van der Waals surface area contributed by atoms with Crippen molar-refractivity contribution in [3.05, 3.63) is 23.7 Å². The number of phosphoric acid groups is 1. The molecule has 90 valence electrons. The molecule has 0 aliphatic carbocycles. The third-order valence-corrected chi connectivity index (χ3v) is 3.16. The Bertz CT molecular complexity index is 402. The average Bonchev–Trinajstić information content (AvgIpc) is 2.72. The summed E-state index contributed by atoms with van der Waals surface area (Å²) in [5, 5.41) is 0. The molecule has 16 heavy (non-hydrogen) atoms. The molecule has 0 N–H and O–H groups in total. The first-order valence-electron chi connectivity index (χ1n) is 4.46. The number of Topliss-reactive ketones (excluding diaryl/α,β-unsaturated/α-hetero) is 1. The third-order valence-electron chi connectivity index (χ3n) is 1.82. The van der Waals surface area contributed by atoms with Crippen LogP contribution in [-0.2, 0) is 18.1 Å². The molecule has 0 fully saturated rings. The van der Waals surface area contributed by atoms with Crippen molar-refractivity contribution < 1.29 is 27.3 Å². The highest BCUT2D eigenvalue weighted by Gasteiger charge is 2.25. The van der Waals surface area contributed by atoms with E-state index in [2.05, 4.69) is 9.05 Å². The Balaban J connectivity index is 2.56. The second-order valence-electron chi connectivity index (χ2n) is 2.92. The van der Waals surface area contributed by atoms with E-state index < -0.39 is 20.2 Å². The molecule has 0 bridgehead atoms. The topological polar surface area (TPSA) is 75.0 Å². The molecule has 0 aliphatic rings. The van der Waals surface area contributed by atoms with Gasteiger partial charge in [0.25, 0.3) is 0 Å². The second-order valence-corrected chi connectivity index (χ2v) is 4.80. The lowest BCUT2D eigenvalue weighted by atomic mass is 10.3. The van der Waals surface area contributed by atoms with Gasteiger partial charge in [0.2, 0.25) is 5.78 Å². The van der Waals surface area contributed by atoms with E-state index in [-0.39, 0.29) is 5.76 Å². The fraction of sp³-hybridized carbons (Fsp3) is 0.444. The van der Waals surface area contributed by atoms with Gasteiger partial charge in [0, 0.05) is 14.2 Å². The Morgan fingerprint density at radius 1 is 1.38 bits per heavy atom. The minimum absolute atomic E-state index is 0.149. The number of carbonyl (C=O) groups excluding carboxylic acids is 1. The lowest BCUT2D eigenvalue weighted by Gasteiger charge is -2.11. The van der Waals surface area contributed by atoms with Gasteiger partial charge in [0.05, 0.1) is 0 Å². The zero-order valence-electron chi connectivity index (χ0n) is 9.26. The van der Waals surface area contributed by atoms with Crippen LogP contribution in [0.4, 0.5) is 0 Å². The predicted molar refractivity (Wildman–Crippen MR) is 55.4 cm³/mol. The van der Waals surface area contributed by atoms with Gasteiger partial charge in [-0.3, -0.25) is 18.4 Å². The summed E-state index contributed by atoms with van der Waals surface area (Å²) in [5.74, 6) is 0.337. The summed E-state index contributed by atoms with van der Waals surface area (Å²) < 4.78 is 30.3. The molecule has 1 aromatic rings. The first-order valence-corrected chi connectivity index (χ1v) is 5.92. The number of ketones is 1. The van der Waals surface area contributed by atoms with Crippen molar-refractivity contribution in [3.63, 3.8) is 0 Å². The lowest BCUT2D eigenvalue weighted by molar-refractivity contribution is 0.0829. The minimum atomic E-state index is -3.61. The summed E-state index contributed by atoms with van der Waals surface area (Å²) in [7, 11) is -1.27. The summed E-state index contributed by atoms with van der Waals surface area (Å²) in [6.07, 6.45) is 0. The molecular weight excluding hydrogens is 235 g/mol. The van der Waals surface area contributed by atoms with Gasteiger partial charge < -0.3 is 4.42 Å². The summed E-state index contributed by atoms with van der Waals surface area (Å²) >= 11 is 0. The monoisotopic (exact) mass is 248 g/mol. The first kappa shape index (κ1) is 13.1. The van der Waals surface area contributed by atoms with Crippen molar-refractivity contribution in [1.29, 1.82) is 0 Å². The highest BCUT2D eigenvalue weighted by Crippen LogP contribution is 2.47. The molecule has 0 saturated heterocycles. The van der Waals surface area contributed by atoms with Crippen molar-refractivity contribution in [3.8, 4) is 0 Å². The van der Waals surface area contributed by atoms with Gasteiger partial charge >= 0.3 is 7.82 Å². The van der Waals surface area contributed by atoms with Gasteiger partial charge in [0.1, 0.15) is 12.4 Å². The maximum atomic E-state index is 11.5. The van der Waals surface area contributed by atoms with Crippen LogP contribution in [0.2, 0.25) is 0 Å². The summed E-state index contributed by atoms with van der Waals surface area (Å²) in [6, 6.07) is 3.17. The lowest BCUT2D eigenvalue weighted by Crippen LogP contribution is -2.08. The van der Waals surface area contributed by atoms with Crippen LogP contribution in [-0.4, -0.2) is 26.6 Å². The van der Waals surface area contributed by atoms with E-state index in [4.69, 9.17) is 8.94 Å². The molecule has 7 heteroatoms. The van der Waals surface area contributed by atoms with Crippen molar-refractivity contribution in [1.82, 2.24) is 0 Å². The molecule has 1 heterocycles. The Hall–Kier alpha value is -0.940. The quantitative estimate of drug-likeness (QED) is 0.567. The zero-order valence-corrected chi connectivity index (χ0v) is 10.2. The summed E-state index contributed by atoms with van der Waals surface area (Å²) in [5.41, 5.74) is 0. The molecule has 0 saturated carbocycles. The number of carbonyl (C=O) groups is 1. The van der Waals surface area contributed by atoms with E-state index in [0.717, 1.165) is 0 Å². The van der Waals surface area contributed by atoms with Crippen LogP contribution in [0.3, 0.4) is 0 Å². The normalized spacial score (nSPS) is 11.7. The van der Waals surface area contributed by atoms with Crippen LogP contribution >= 0.6 is 7.82 Å². The molecular formula is C9H13O6P. The van der Waals surface area contributed by atoms with E-state index in [1.54, 1.807) is 13.0 Å². The Morgan fingerprint density at radius 3 is 2.44 bits per heavy atom. The molecule has 0 spiro atoms. The molecule has 0 atom stereocenters. The van der Waals surface area contributed by atoms with Crippen LogP contribution in [0.5, 0.6) is 0 Å². The molecule has 0 aliphatic heterocycles. The number of phosphoric ester groups is 1. The van der Waals surface area contributed by atoms with Crippen molar-refractivity contribution >= 4 is 13.6 Å². The van der Waals surface area contributed by atoms with Crippen LogP contribution in [0, 0.1) is 6.92 Å². The van der Waals surface area contributed by atoms with Gasteiger partial charge in [-0.1, -0.05) is 0 Å². The fourth-order valence-electron chi connectivity index (χ4n) is 0.973. The van der Waals surface area contributed by atoms with Gasteiger partial charge in [0.15, 0.2) is 5.76 Å². The average molecular weight is 248 g/mol. The maximum absolute atomic E-state index is 11.5. The van der Waals surface area contributed by atoms with Crippen LogP contribution in [0.15, 0.2) is 16.5 Å². The van der Waals surface area contributed by atoms with E-state index in [0.29, 0.717) is 5.76 Å². The van der Waals surface area contributed by atoms with Crippen LogP contribution in [0.1, 0.15) is 16.3 Å². The summed E-state index contributed by atoms with van der Waals surface area (Å²) in [4.78, 5) is 11.5. The van der Waals surface area contributed by atoms with Gasteiger partial charge in [-0.25, -0.2) is 4.57 Å². The van der Waals surface area contributed by atoms with Crippen molar-refractivity contribution in [2.24, 2.45) is 0 Å². The highest BCUT2D eigenvalue weighted by molar-refractivity contribution is 7.48. The van der Waals surface area contributed by atoms with Gasteiger partial charge in [-0.05, 0) is 19.1 Å². The molecule has 1 aromatic heterocycles. The van der Waals surface area contributed by atoms with Crippen molar-refractivity contribution in [2.45, 2.75) is 6.92 Å². The van der Waals surface area contributed by atoms with Gasteiger partial charge in [-0.2, -0.15) is 0 Å². The van der Waals surface area contributed by atoms with Crippen LogP contribution in [0.25, 0.3) is 0 Å². The third kappa shape index (κ3) is 3.28. The Kier molecular flexibility index (Phi) is 4.44. The standard InChI is InChI=1S/C9H13O6P/c1-7-4-5-9(15-7)8(10)6-14-16(11,12-2)13-3/h4-5H,6H2,1-3H3. The highest BCUT2D eigenvalue weighted by atomic mass is 31.2. The number of furan rings is 1. The van der Waals surface area contributed by atoms with Gasteiger partial charge in [-0.15, -0.1) is 0 Å². The molecule has 0 aromatic carbocycles. The predicted octanol–water partition coefficient (Wildman–Crippen LogP) is 2.19. The number of aryl methyl sites for hydroxylation is 1. The number of rotatable bonds is 6. The molecule has 6 nitrogen and oxygen atoms in total.